The third-order valence-electron chi connectivity index (χ3n) is 7.09. The summed E-state index contributed by atoms with van der Waals surface area (Å²) in [6, 6.07) is 7.95. The number of amides is 3. The number of benzene rings is 1. The van der Waals surface area contributed by atoms with Gasteiger partial charge >= 0.3 is 12.0 Å². The molecule has 2 aromatic heterocycles. The molecule has 6 atom stereocenters. The molecule has 1 aromatic carbocycles. The number of anilines is 1. The van der Waals surface area contributed by atoms with Gasteiger partial charge in [0.25, 0.3) is 5.91 Å². The second kappa shape index (κ2) is 10.2. The van der Waals surface area contributed by atoms with Crippen LogP contribution in [0.3, 0.4) is 0 Å². The van der Waals surface area contributed by atoms with Crippen molar-refractivity contribution in [1.82, 2.24) is 29.7 Å². The highest BCUT2D eigenvalue weighted by Crippen LogP contribution is 2.45. The average Bonchev–Trinajstić information content (AvgIpc) is 3.72. The molecule has 0 spiro atoms. The summed E-state index contributed by atoms with van der Waals surface area (Å²) in [6.07, 6.45) is -0.556. The van der Waals surface area contributed by atoms with E-state index in [1.807, 2.05) is 30.3 Å². The van der Waals surface area contributed by atoms with E-state index in [-0.39, 0.29) is 5.82 Å². The summed E-state index contributed by atoms with van der Waals surface area (Å²) >= 11 is 0. The van der Waals surface area contributed by atoms with E-state index >= 15 is 0 Å². The van der Waals surface area contributed by atoms with Gasteiger partial charge in [0.1, 0.15) is 24.6 Å². The van der Waals surface area contributed by atoms with Gasteiger partial charge in [-0.1, -0.05) is 30.3 Å². The SMILES string of the molecule is CCNC(=O)Nc1ncnc2c1ncn2C1OC(C(=O)N2CCCC2C(=O)O)C2OC(c3ccccc3)OC21. The van der Waals surface area contributed by atoms with Crippen LogP contribution in [0.25, 0.3) is 11.2 Å². The molecule has 3 fully saturated rings. The maximum atomic E-state index is 13.7. The van der Waals surface area contributed by atoms with Crippen molar-refractivity contribution in [2.75, 3.05) is 18.4 Å². The smallest absolute Gasteiger partial charge is 0.326 e. The maximum Gasteiger partial charge on any atom is 0.326 e. The van der Waals surface area contributed by atoms with Crippen LogP contribution in [0.15, 0.2) is 43.0 Å². The van der Waals surface area contributed by atoms with Gasteiger partial charge in [0.05, 0.1) is 6.33 Å². The molecule has 0 aliphatic carbocycles. The summed E-state index contributed by atoms with van der Waals surface area (Å²) in [6.45, 7) is 2.54. The number of rotatable bonds is 6. The summed E-state index contributed by atoms with van der Waals surface area (Å²) in [4.78, 5) is 51.8. The number of aromatic nitrogens is 4. The van der Waals surface area contributed by atoms with Gasteiger partial charge in [-0.2, -0.15) is 0 Å². The fourth-order valence-electron chi connectivity index (χ4n) is 5.33. The predicted octanol–water partition coefficient (Wildman–Crippen LogP) is 1.42. The number of carbonyl (C=O) groups excluding carboxylic acids is 2. The zero-order valence-electron chi connectivity index (χ0n) is 21.0. The van der Waals surface area contributed by atoms with Gasteiger partial charge in [0.2, 0.25) is 0 Å². The molecule has 3 aliphatic rings. The molecule has 3 saturated heterocycles. The second-order valence-electron chi connectivity index (χ2n) is 9.45. The summed E-state index contributed by atoms with van der Waals surface area (Å²) < 4.78 is 20.4. The van der Waals surface area contributed by atoms with Crippen molar-refractivity contribution >= 4 is 34.9 Å². The Hall–Kier alpha value is -4.14. The predicted molar refractivity (Wildman–Crippen MR) is 133 cm³/mol. The standard InChI is InChI=1S/C25H27N7O7/c1-2-26-25(36)30-19-15-20(28-11-27-19)32(12-29-15)22-18-16(38-24(39-18)13-7-4-3-5-8-13)17(37-22)21(33)31-10-6-9-14(31)23(34)35/h3-5,7-8,11-12,14,16-18,22,24H,2,6,9-10H2,1H3,(H,34,35)(H2,26,27,28,30,36). The maximum absolute atomic E-state index is 13.7. The quantitative estimate of drug-likeness (QED) is 0.418. The topological polar surface area (TPSA) is 170 Å². The zero-order chi connectivity index (χ0) is 27.1. The Kier molecular flexibility index (Phi) is 6.58. The van der Waals surface area contributed by atoms with E-state index in [1.165, 1.54) is 17.6 Å². The molecule has 3 aliphatic heterocycles. The number of nitrogens with one attached hydrogen (secondary N) is 2. The number of aliphatic carboxylic acids is 1. The fraction of sp³-hybridized carbons (Fsp3) is 0.440. The van der Waals surface area contributed by atoms with Crippen molar-refractivity contribution in [2.45, 2.75) is 56.6 Å². The van der Waals surface area contributed by atoms with E-state index in [0.29, 0.717) is 37.1 Å². The van der Waals surface area contributed by atoms with Crippen LogP contribution in [0, 0.1) is 0 Å². The highest BCUT2D eigenvalue weighted by atomic mass is 16.8. The Labute approximate surface area is 222 Å². The van der Waals surface area contributed by atoms with Crippen molar-refractivity contribution in [1.29, 1.82) is 0 Å². The first-order valence-corrected chi connectivity index (χ1v) is 12.7. The summed E-state index contributed by atoms with van der Waals surface area (Å²) in [5.74, 6) is -1.31. The van der Waals surface area contributed by atoms with Crippen molar-refractivity contribution in [3.63, 3.8) is 0 Å². The van der Waals surface area contributed by atoms with Crippen LogP contribution < -0.4 is 10.6 Å². The molecule has 0 bridgehead atoms. The molecular formula is C25H27N7O7. The first-order valence-electron chi connectivity index (χ1n) is 12.7. The third kappa shape index (κ3) is 4.45. The molecule has 3 N–H and O–H groups in total. The minimum absolute atomic E-state index is 0.207. The Morgan fingerprint density at radius 2 is 1.87 bits per heavy atom. The monoisotopic (exact) mass is 537 g/mol. The van der Waals surface area contributed by atoms with Crippen molar-refractivity contribution in [3.05, 3.63) is 48.5 Å². The van der Waals surface area contributed by atoms with Crippen molar-refractivity contribution < 1.29 is 33.7 Å². The number of fused-ring (bicyclic) bond motifs is 2. The number of carbonyl (C=O) groups is 3. The lowest BCUT2D eigenvalue weighted by Crippen LogP contribution is -2.49. The van der Waals surface area contributed by atoms with E-state index in [9.17, 15) is 19.5 Å². The molecular weight excluding hydrogens is 510 g/mol. The number of likely N-dealkylation sites (tertiary alicyclic amines) is 1. The number of carboxylic acids is 1. The van der Waals surface area contributed by atoms with E-state index in [0.717, 1.165) is 5.56 Å². The van der Waals surface area contributed by atoms with Gasteiger partial charge in [-0.3, -0.25) is 14.7 Å². The molecule has 14 heteroatoms. The number of ether oxygens (including phenoxy) is 3. The first kappa shape index (κ1) is 25.2. The van der Waals surface area contributed by atoms with Gasteiger partial charge in [0, 0.05) is 18.7 Å². The van der Waals surface area contributed by atoms with Crippen LogP contribution >= 0.6 is 0 Å². The third-order valence-corrected chi connectivity index (χ3v) is 7.09. The lowest BCUT2D eigenvalue weighted by molar-refractivity contribution is -0.171. The average molecular weight is 538 g/mol. The molecule has 3 amide bonds. The van der Waals surface area contributed by atoms with Crippen molar-refractivity contribution in [3.8, 4) is 0 Å². The van der Waals surface area contributed by atoms with Crippen molar-refractivity contribution in [2.24, 2.45) is 0 Å². The van der Waals surface area contributed by atoms with E-state index in [1.54, 1.807) is 11.5 Å². The lowest BCUT2D eigenvalue weighted by atomic mass is 10.1. The highest BCUT2D eigenvalue weighted by Gasteiger charge is 2.58. The number of hydrogen-bond acceptors (Lipinski definition) is 9. The molecule has 5 heterocycles. The molecule has 0 radical (unpaired) electrons. The Balaban J connectivity index is 1.34. The molecule has 204 valence electrons. The molecule has 39 heavy (non-hydrogen) atoms. The highest BCUT2D eigenvalue weighted by molar-refractivity contribution is 5.95. The van der Waals surface area contributed by atoms with Gasteiger partial charge in [-0.15, -0.1) is 0 Å². The molecule has 0 saturated carbocycles. The van der Waals surface area contributed by atoms with Gasteiger partial charge in [-0.25, -0.2) is 24.5 Å². The summed E-state index contributed by atoms with van der Waals surface area (Å²) in [5, 5.41) is 14.9. The zero-order valence-corrected chi connectivity index (χ0v) is 21.0. The van der Waals surface area contributed by atoms with Crippen LogP contribution in [0.2, 0.25) is 0 Å². The van der Waals surface area contributed by atoms with E-state index < -0.39 is 54.8 Å². The van der Waals surface area contributed by atoms with Gasteiger partial charge in [-0.05, 0) is 19.8 Å². The van der Waals surface area contributed by atoms with Crippen LogP contribution in [0.5, 0.6) is 0 Å². The number of carboxylic acid groups (broad SMARTS) is 1. The fourth-order valence-corrected chi connectivity index (χ4v) is 5.33. The molecule has 3 aromatic rings. The normalized spacial score (nSPS) is 28.0. The Bertz CT molecular complexity index is 1400. The number of nitrogens with zero attached hydrogens (tertiary/aromatic N) is 5. The van der Waals surface area contributed by atoms with E-state index in [4.69, 9.17) is 14.2 Å². The van der Waals surface area contributed by atoms with Gasteiger partial charge in [0.15, 0.2) is 35.6 Å². The minimum atomic E-state index is -1.11. The van der Waals surface area contributed by atoms with Gasteiger partial charge < -0.3 is 29.5 Å². The van der Waals surface area contributed by atoms with Crippen LogP contribution in [-0.4, -0.2) is 84.9 Å². The summed E-state index contributed by atoms with van der Waals surface area (Å²) in [7, 11) is 0. The van der Waals surface area contributed by atoms with Crippen LogP contribution in [0.1, 0.15) is 37.8 Å². The largest absolute Gasteiger partial charge is 0.480 e. The second-order valence-corrected chi connectivity index (χ2v) is 9.45. The van der Waals surface area contributed by atoms with Crippen LogP contribution in [0.4, 0.5) is 10.6 Å². The Morgan fingerprint density at radius 1 is 1.08 bits per heavy atom. The number of urea groups is 1. The minimum Gasteiger partial charge on any atom is -0.480 e. The molecule has 6 rings (SSSR count). The number of hydrogen-bond donors (Lipinski definition) is 3. The first-order chi connectivity index (χ1) is 19.0. The lowest BCUT2D eigenvalue weighted by Gasteiger charge is -2.27. The molecule has 14 nitrogen and oxygen atoms in total. The van der Waals surface area contributed by atoms with Crippen LogP contribution in [-0.2, 0) is 23.8 Å². The molecule has 6 unspecified atom stereocenters. The number of imidazole rings is 1. The van der Waals surface area contributed by atoms with E-state index in [2.05, 4.69) is 25.6 Å². The summed E-state index contributed by atoms with van der Waals surface area (Å²) in [5.41, 5.74) is 1.44. The Morgan fingerprint density at radius 3 is 2.64 bits per heavy atom.